The van der Waals surface area contributed by atoms with Gasteiger partial charge in [-0.15, -0.1) is 0 Å². The van der Waals surface area contributed by atoms with Crippen molar-refractivity contribution in [2.45, 2.75) is 19.9 Å². The predicted molar refractivity (Wildman–Crippen MR) is 75.8 cm³/mol. The van der Waals surface area contributed by atoms with E-state index in [1.54, 1.807) is 0 Å². The number of H-pyrrole nitrogens is 1. The van der Waals surface area contributed by atoms with Crippen molar-refractivity contribution >= 4 is 11.0 Å². The summed E-state index contributed by atoms with van der Waals surface area (Å²) in [6, 6.07) is 6.86. The number of nitrogens with zero attached hydrogens (tertiary/aromatic N) is 2. The highest BCUT2D eigenvalue weighted by Crippen LogP contribution is 2.21. The van der Waals surface area contributed by atoms with Crippen molar-refractivity contribution in [2.24, 2.45) is 0 Å². The van der Waals surface area contributed by atoms with Crippen LogP contribution in [0.1, 0.15) is 24.4 Å². The molecule has 2 aromatic rings. The van der Waals surface area contributed by atoms with Gasteiger partial charge in [0.25, 0.3) is 0 Å². The lowest BCUT2D eigenvalue weighted by molar-refractivity contribution is 0.290. The summed E-state index contributed by atoms with van der Waals surface area (Å²) in [6.45, 7) is 6.08. The van der Waals surface area contributed by atoms with Crippen molar-refractivity contribution < 1.29 is 0 Å². The third-order valence-electron chi connectivity index (χ3n) is 3.22. The van der Waals surface area contributed by atoms with Gasteiger partial charge >= 0.3 is 0 Å². The van der Waals surface area contributed by atoms with Crippen LogP contribution in [-0.2, 0) is 0 Å². The summed E-state index contributed by atoms with van der Waals surface area (Å²) in [4.78, 5) is 9.98. The van der Waals surface area contributed by atoms with Gasteiger partial charge in [0.1, 0.15) is 5.82 Å². The predicted octanol–water partition coefficient (Wildman–Crippen LogP) is 2.08. The fourth-order valence-corrected chi connectivity index (χ4v) is 2.24. The molecule has 1 atom stereocenters. The smallest absolute Gasteiger partial charge is 0.104 e. The van der Waals surface area contributed by atoms with E-state index in [0.717, 1.165) is 29.9 Å². The molecule has 1 unspecified atom stereocenters. The maximum absolute atomic E-state index is 4.44. The first-order chi connectivity index (χ1) is 8.61. The molecule has 0 bridgehead atoms. The van der Waals surface area contributed by atoms with Crippen LogP contribution in [0.4, 0.5) is 0 Å². The van der Waals surface area contributed by atoms with E-state index in [9.17, 15) is 0 Å². The molecule has 0 amide bonds. The summed E-state index contributed by atoms with van der Waals surface area (Å²) in [7, 11) is 4.23. The van der Waals surface area contributed by atoms with E-state index < -0.39 is 0 Å². The number of aromatic amines is 1. The molecule has 0 aliphatic heterocycles. The van der Waals surface area contributed by atoms with Crippen LogP contribution < -0.4 is 5.32 Å². The quantitative estimate of drug-likeness (QED) is 0.849. The number of hydrogen-bond donors (Lipinski definition) is 2. The lowest BCUT2D eigenvalue weighted by Gasteiger charge is -2.25. The fraction of sp³-hybridized carbons (Fsp3) is 0.500. The van der Waals surface area contributed by atoms with Crippen LogP contribution in [0, 0.1) is 6.92 Å². The Hall–Kier alpha value is -1.39. The lowest BCUT2D eigenvalue weighted by Crippen LogP contribution is -2.30. The number of aromatic nitrogens is 2. The molecule has 0 radical (unpaired) electrons. The standard InChI is InChI=1S/C14H22N4/c1-5-15-9-14(18(3)4)11-6-7-12-13(8-11)17-10(2)16-12/h6-8,14-15H,5,9H2,1-4H3,(H,16,17). The highest BCUT2D eigenvalue weighted by atomic mass is 15.1. The van der Waals surface area contributed by atoms with Crippen molar-refractivity contribution in [3.05, 3.63) is 29.6 Å². The molecule has 1 heterocycles. The van der Waals surface area contributed by atoms with Gasteiger partial charge in [-0.25, -0.2) is 4.98 Å². The highest BCUT2D eigenvalue weighted by molar-refractivity contribution is 5.76. The Morgan fingerprint density at radius 3 is 2.83 bits per heavy atom. The Morgan fingerprint density at radius 2 is 2.17 bits per heavy atom. The van der Waals surface area contributed by atoms with Gasteiger partial charge in [0.2, 0.25) is 0 Å². The SMILES string of the molecule is CCNCC(c1ccc2nc(C)[nH]c2c1)N(C)C. The Morgan fingerprint density at radius 1 is 1.39 bits per heavy atom. The maximum Gasteiger partial charge on any atom is 0.104 e. The molecule has 0 saturated heterocycles. The number of benzene rings is 1. The van der Waals surface area contributed by atoms with Gasteiger partial charge in [-0.2, -0.15) is 0 Å². The number of fused-ring (bicyclic) bond motifs is 1. The maximum atomic E-state index is 4.44. The zero-order chi connectivity index (χ0) is 13.1. The molecule has 2 N–H and O–H groups in total. The van der Waals surface area contributed by atoms with Gasteiger partial charge in [0.05, 0.1) is 11.0 Å². The fourth-order valence-electron chi connectivity index (χ4n) is 2.24. The first-order valence-corrected chi connectivity index (χ1v) is 6.45. The van der Waals surface area contributed by atoms with Crippen LogP contribution in [0.15, 0.2) is 18.2 Å². The average Bonchev–Trinajstić information content (AvgIpc) is 2.68. The van der Waals surface area contributed by atoms with Crippen molar-refractivity contribution in [1.29, 1.82) is 0 Å². The Balaban J connectivity index is 2.31. The molecule has 0 fully saturated rings. The highest BCUT2D eigenvalue weighted by Gasteiger charge is 2.14. The van der Waals surface area contributed by atoms with Crippen LogP contribution in [0.5, 0.6) is 0 Å². The molecular formula is C14H22N4. The summed E-state index contributed by atoms with van der Waals surface area (Å²) < 4.78 is 0. The van der Waals surface area contributed by atoms with Gasteiger partial charge in [0, 0.05) is 12.6 Å². The number of hydrogen-bond acceptors (Lipinski definition) is 3. The Labute approximate surface area is 108 Å². The van der Waals surface area contributed by atoms with Gasteiger partial charge < -0.3 is 15.2 Å². The van der Waals surface area contributed by atoms with Crippen molar-refractivity contribution in [1.82, 2.24) is 20.2 Å². The van der Waals surface area contributed by atoms with E-state index in [4.69, 9.17) is 0 Å². The van der Waals surface area contributed by atoms with Gasteiger partial charge in [-0.1, -0.05) is 13.0 Å². The van der Waals surface area contributed by atoms with Crippen molar-refractivity contribution in [3.63, 3.8) is 0 Å². The zero-order valence-corrected chi connectivity index (χ0v) is 11.6. The monoisotopic (exact) mass is 246 g/mol. The molecule has 98 valence electrons. The molecule has 0 aliphatic rings. The van der Waals surface area contributed by atoms with E-state index in [1.807, 2.05) is 6.92 Å². The minimum atomic E-state index is 0.387. The lowest BCUT2D eigenvalue weighted by atomic mass is 10.1. The van der Waals surface area contributed by atoms with Crippen molar-refractivity contribution in [3.8, 4) is 0 Å². The van der Waals surface area contributed by atoms with Crippen LogP contribution >= 0.6 is 0 Å². The largest absolute Gasteiger partial charge is 0.342 e. The molecule has 0 aliphatic carbocycles. The van der Waals surface area contributed by atoms with Gasteiger partial charge in [-0.3, -0.25) is 0 Å². The van der Waals surface area contributed by atoms with E-state index >= 15 is 0 Å². The van der Waals surface area contributed by atoms with E-state index in [2.05, 4.69) is 59.4 Å². The molecule has 0 spiro atoms. The summed E-state index contributed by atoms with van der Waals surface area (Å²) in [6.07, 6.45) is 0. The molecule has 4 heteroatoms. The first-order valence-electron chi connectivity index (χ1n) is 6.45. The molecule has 4 nitrogen and oxygen atoms in total. The normalized spacial score (nSPS) is 13.4. The minimum Gasteiger partial charge on any atom is -0.342 e. The first kappa shape index (κ1) is 13.1. The third kappa shape index (κ3) is 2.71. The topological polar surface area (TPSA) is 44.0 Å². The third-order valence-corrected chi connectivity index (χ3v) is 3.22. The molecule has 2 rings (SSSR count). The van der Waals surface area contributed by atoms with Gasteiger partial charge in [0.15, 0.2) is 0 Å². The van der Waals surface area contributed by atoms with Crippen LogP contribution in [0.3, 0.4) is 0 Å². The summed E-state index contributed by atoms with van der Waals surface area (Å²) in [5.74, 6) is 0.968. The minimum absolute atomic E-state index is 0.387. The van der Waals surface area contributed by atoms with E-state index in [0.29, 0.717) is 6.04 Å². The molecule has 0 saturated carbocycles. The molecule has 1 aromatic carbocycles. The number of nitrogens with one attached hydrogen (secondary N) is 2. The van der Waals surface area contributed by atoms with E-state index in [1.165, 1.54) is 5.56 Å². The second-order valence-corrected chi connectivity index (χ2v) is 4.89. The Bertz CT molecular complexity index is 515. The average molecular weight is 246 g/mol. The van der Waals surface area contributed by atoms with Crippen molar-refractivity contribution in [2.75, 3.05) is 27.2 Å². The zero-order valence-electron chi connectivity index (χ0n) is 11.6. The van der Waals surface area contributed by atoms with Crippen LogP contribution in [0.25, 0.3) is 11.0 Å². The van der Waals surface area contributed by atoms with Gasteiger partial charge in [-0.05, 0) is 45.3 Å². The number of aryl methyl sites for hydroxylation is 1. The summed E-state index contributed by atoms with van der Waals surface area (Å²) in [5, 5.41) is 3.41. The summed E-state index contributed by atoms with van der Waals surface area (Å²) in [5.41, 5.74) is 3.47. The number of imidazole rings is 1. The molecular weight excluding hydrogens is 224 g/mol. The molecule has 18 heavy (non-hydrogen) atoms. The molecule has 1 aromatic heterocycles. The second-order valence-electron chi connectivity index (χ2n) is 4.89. The van der Waals surface area contributed by atoms with E-state index in [-0.39, 0.29) is 0 Å². The summed E-state index contributed by atoms with van der Waals surface area (Å²) >= 11 is 0. The van der Waals surface area contributed by atoms with Crippen LogP contribution in [0.2, 0.25) is 0 Å². The number of likely N-dealkylation sites (N-methyl/N-ethyl adjacent to an activating group) is 2. The second kappa shape index (κ2) is 5.50. The number of rotatable bonds is 5. The Kier molecular flexibility index (Phi) is 3.99. The van der Waals surface area contributed by atoms with Crippen LogP contribution in [-0.4, -0.2) is 42.1 Å².